The number of nitrogens with zero attached hydrogens (tertiary/aromatic N) is 2. The minimum atomic E-state index is -0.571. The Balaban J connectivity index is 1.44. The largest absolute Gasteiger partial charge is 0.490 e. The molecule has 0 saturated heterocycles. The summed E-state index contributed by atoms with van der Waals surface area (Å²) in [6.45, 7) is 2.76. The van der Waals surface area contributed by atoms with E-state index < -0.39 is 10.8 Å². The third kappa shape index (κ3) is 8.19. The summed E-state index contributed by atoms with van der Waals surface area (Å²) in [5, 5.41) is 23.3. The molecule has 0 aliphatic carbocycles. The van der Waals surface area contributed by atoms with Crippen molar-refractivity contribution in [3.05, 3.63) is 128 Å². The van der Waals surface area contributed by atoms with Gasteiger partial charge in [-0.05, 0) is 78.2 Å². The third-order valence-electron chi connectivity index (χ3n) is 5.93. The molecule has 0 atom stereocenters. The highest BCUT2D eigenvalue weighted by atomic mass is 79.9. The van der Waals surface area contributed by atoms with Gasteiger partial charge in [0.1, 0.15) is 30.6 Å². The van der Waals surface area contributed by atoms with Gasteiger partial charge in [0.15, 0.2) is 11.5 Å². The van der Waals surface area contributed by atoms with Gasteiger partial charge in [0.2, 0.25) is 0 Å². The van der Waals surface area contributed by atoms with Crippen molar-refractivity contribution >= 4 is 39.3 Å². The van der Waals surface area contributed by atoms with Crippen LogP contribution in [-0.4, -0.2) is 17.4 Å². The lowest BCUT2D eigenvalue weighted by Crippen LogP contribution is -2.13. The first-order chi connectivity index (χ1) is 20.4. The number of nitrogens with one attached hydrogen (secondary N) is 1. The molecule has 9 nitrogen and oxygen atoms in total. The number of halogens is 1. The molecule has 0 aliphatic heterocycles. The number of non-ortho nitro benzene ring substituents is 1. The van der Waals surface area contributed by atoms with Gasteiger partial charge in [0, 0.05) is 22.3 Å². The monoisotopic (exact) mass is 627 g/mol. The number of amides is 1. The van der Waals surface area contributed by atoms with Crippen molar-refractivity contribution in [2.75, 3.05) is 11.9 Å². The maximum Gasteiger partial charge on any atom is 0.269 e. The SMILES string of the molecule is CCOc1cc(/C=C(\C#N)C(=O)Nc2ccc(OCc3ccccc3)cc2)c(Br)cc1OCc1ccc([N+](=O)[O-])cc1. The highest BCUT2D eigenvalue weighted by molar-refractivity contribution is 9.10. The van der Waals surface area contributed by atoms with Crippen molar-refractivity contribution in [2.45, 2.75) is 20.1 Å². The molecule has 1 N–H and O–H groups in total. The summed E-state index contributed by atoms with van der Waals surface area (Å²) in [5.74, 6) is 0.921. The van der Waals surface area contributed by atoms with E-state index >= 15 is 0 Å². The first kappa shape index (κ1) is 29.8. The molecule has 0 radical (unpaired) electrons. The molecule has 1 amide bonds. The summed E-state index contributed by atoms with van der Waals surface area (Å²) in [4.78, 5) is 23.3. The second-order valence-corrected chi connectivity index (χ2v) is 9.74. The lowest BCUT2D eigenvalue weighted by atomic mass is 10.1. The van der Waals surface area contributed by atoms with Crippen LogP contribution in [0, 0.1) is 21.4 Å². The Morgan fingerprint density at radius 2 is 1.57 bits per heavy atom. The fraction of sp³-hybridized carbons (Fsp3) is 0.125. The number of carbonyl (C=O) groups is 1. The molecule has 4 aromatic rings. The van der Waals surface area contributed by atoms with Crippen LogP contribution in [0.1, 0.15) is 23.6 Å². The molecule has 0 unspecified atom stereocenters. The van der Waals surface area contributed by atoms with Gasteiger partial charge in [-0.3, -0.25) is 14.9 Å². The number of hydrogen-bond donors (Lipinski definition) is 1. The lowest BCUT2D eigenvalue weighted by Gasteiger charge is -2.14. The molecule has 0 aliphatic rings. The van der Waals surface area contributed by atoms with Crippen LogP contribution in [0.5, 0.6) is 17.2 Å². The van der Waals surface area contributed by atoms with E-state index in [1.807, 2.05) is 43.3 Å². The third-order valence-corrected chi connectivity index (χ3v) is 6.62. The Hall–Kier alpha value is -5.14. The number of anilines is 1. The van der Waals surface area contributed by atoms with E-state index in [2.05, 4.69) is 21.2 Å². The van der Waals surface area contributed by atoms with E-state index in [0.29, 0.717) is 46.2 Å². The minimum absolute atomic E-state index is 0.00478. The standard InChI is InChI=1S/C32H26BrN3O6/c1-2-40-30-17-24(29(33)18-31(30)42-21-23-8-12-27(13-9-23)36(38)39)16-25(19-34)32(37)35-26-10-14-28(15-11-26)41-20-22-6-4-3-5-7-22/h3-18H,2,20-21H2,1H3,(H,35,37)/b25-16+. The molecule has 42 heavy (non-hydrogen) atoms. The maximum absolute atomic E-state index is 12.9. The van der Waals surface area contributed by atoms with Crippen molar-refractivity contribution < 1.29 is 23.9 Å². The molecule has 0 aromatic heterocycles. The van der Waals surface area contributed by atoms with Gasteiger partial charge in [-0.25, -0.2) is 0 Å². The molecular formula is C32H26BrN3O6. The summed E-state index contributed by atoms with van der Waals surface area (Å²) >= 11 is 3.49. The minimum Gasteiger partial charge on any atom is -0.490 e. The normalized spacial score (nSPS) is 10.8. The van der Waals surface area contributed by atoms with E-state index in [9.17, 15) is 20.2 Å². The summed E-state index contributed by atoms with van der Waals surface area (Å²) in [6.07, 6.45) is 1.46. The number of hydrogen-bond acceptors (Lipinski definition) is 7. The van der Waals surface area contributed by atoms with Gasteiger partial charge < -0.3 is 19.5 Å². The van der Waals surface area contributed by atoms with Gasteiger partial charge in [-0.15, -0.1) is 0 Å². The highest BCUT2D eigenvalue weighted by Gasteiger charge is 2.15. The second kappa shape index (κ2) is 14.5. The van der Waals surface area contributed by atoms with Crippen LogP contribution in [0.2, 0.25) is 0 Å². The Labute approximate surface area is 251 Å². The molecule has 0 heterocycles. The molecule has 4 rings (SSSR count). The topological polar surface area (TPSA) is 124 Å². The van der Waals surface area contributed by atoms with Crippen LogP contribution in [0.3, 0.4) is 0 Å². The quantitative estimate of drug-likeness (QED) is 0.0748. The first-order valence-corrected chi connectivity index (χ1v) is 13.7. The number of nitro benzene ring substituents is 1. The number of benzene rings is 4. The molecular weight excluding hydrogens is 602 g/mol. The van der Waals surface area contributed by atoms with Crippen LogP contribution >= 0.6 is 15.9 Å². The zero-order valence-corrected chi connectivity index (χ0v) is 24.2. The molecule has 4 aromatic carbocycles. The molecule has 0 saturated carbocycles. The van der Waals surface area contributed by atoms with Gasteiger partial charge in [0.05, 0.1) is 11.5 Å². The zero-order chi connectivity index (χ0) is 29.9. The number of nitriles is 1. The number of ether oxygens (including phenoxy) is 3. The van der Waals surface area contributed by atoms with Crippen molar-refractivity contribution in [1.29, 1.82) is 5.26 Å². The number of rotatable bonds is 12. The maximum atomic E-state index is 12.9. The molecule has 0 bridgehead atoms. The fourth-order valence-electron chi connectivity index (χ4n) is 3.80. The van der Waals surface area contributed by atoms with E-state index in [-0.39, 0.29) is 17.9 Å². The van der Waals surface area contributed by atoms with E-state index in [0.717, 1.165) is 11.1 Å². The Kier molecular flexibility index (Phi) is 10.3. The second-order valence-electron chi connectivity index (χ2n) is 8.89. The van der Waals surface area contributed by atoms with Crippen molar-refractivity contribution in [2.24, 2.45) is 0 Å². The Morgan fingerprint density at radius 3 is 2.21 bits per heavy atom. The zero-order valence-electron chi connectivity index (χ0n) is 22.6. The van der Waals surface area contributed by atoms with E-state index in [4.69, 9.17) is 14.2 Å². The number of carbonyl (C=O) groups excluding carboxylic acids is 1. The Morgan fingerprint density at radius 1 is 0.929 bits per heavy atom. The average molecular weight is 628 g/mol. The molecule has 10 heteroatoms. The van der Waals surface area contributed by atoms with Crippen LogP contribution in [-0.2, 0) is 18.0 Å². The number of nitro groups is 1. The van der Waals surface area contributed by atoms with Crippen LogP contribution in [0.25, 0.3) is 6.08 Å². The van der Waals surface area contributed by atoms with Crippen molar-refractivity contribution in [3.63, 3.8) is 0 Å². The molecule has 0 fully saturated rings. The summed E-state index contributed by atoms with van der Waals surface area (Å²) in [5.41, 5.74) is 2.72. The highest BCUT2D eigenvalue weighted by Crippen LogP contribution is 2.35. The predicted octanol–water partition coefficient (Wildman–Crippen LogP) is 7.46. The summed E-state index contributed by atoms with van der Waals surface area (Å²) in [6, 6.07) is 28.0. The fourth-order valence-corrected chi connectivity index (χ4v) is 4.23. The summed E-state index contributed by atoms with van der Waals surface area (Å²) < 4.78 is 18.0. The molecule has 0 spiro atoms. The Bertz CT molecular complexity index is 1620. The predicted molar refractivity (Wildman–Crippen MR) is 162 cm³/mol. The molecule has 212 valence electrons. The van der Waals surface area contributed by atoms with Gasteiger partial charge in [-0.1, -0.05) is 46.3 Å². The van der Waals surface area contributed by atoms with Crippen LogP contribution in [0.4, 0.5) is 11.4 Å². The smallest absolute Gasteiger partial charge is 0.269 e. The van der Waals surface area contributed by atoms with Gasteiger partial charge in [-0.2, -0.15) is 5.26 Å². The van der Waals surface area contributed by atoms with Crippen LogP contribution in [0.15, 0.2) is 101 Å². The van der Waals surface area contributed by atoms with Gasteiger partial charge in [0.25, 0.3) is 11.6 Å². The van der Waals surface area contributed by atoms with Crippen molar-refractivity contribution in [3.8, 4) is 23.3 Å². The van der Waals surface area contributed by atoms with Crippen LogP contribution < -0.4 is 19.5 Å². The first-order valence-electron chi connectivity index (χ1n) is 12.9. The van der Waals surface area contributed by atoms with Crippen molar-refractivity contribution in [1.82, 2.24) is 0 Å². The average Bonchev–Trinajstić information content (AvgIpc) is 3.00. The van der Waals surface area contributed by atoms with E-state index in [1.54, 1.807) is 48.5 Å². The lowest BCUT2D eigenvalue weighted by molar-refractivity contribution is -0.384. The van der Waals surface area contributed by atoms with Gasteiger partial charge >= 0.3 is 0 Å². The van der Waals surface area contributed by atoms with E-state index in [1.165, 1.54) is 18.2 Å². The summed E-state index contributed by atoms with van der Waals surface area (Å²) in [7, 11) is 0.